The molecule has 1 amide bonds. The zero-order valence-electron chi connectivity index (χ0n) is 12.4. The fourth-order valence-electron chi connectivity index (χ4n) is 2.94. The standard InChI is InChI=1S/C17H20N2OS/c1-11-9-21-10-14(11)17(18-2)13-6-7-15-12(8-13)4-3-5-16(20)19-15/h6-10,17-18H,3-5H2,1-2H3,(H,19,20). The summed E-state index contributed by atoms with van der Waals surface area (Å²) in [6.07, 6.45) is 2.49. The number of hydrogen-bond donors (Lipinski definition) is 2. The average molecular weight is 300 g/mol. The van der Waals surface area contributed by atoms with Crippen LogP contribution in [0.3, 0.4) is 0 Å². The first-order valence-electron chi connectivity index (χ1n) is 7.31. The summed E-state index contributed by atoms with van der Waals surface area (Å²) >= 11 is 1.74. The second-order valence-electron chi connectivity index (χ2n) is 5.55. The largest absolute Gasteiger partial charge is 0.326 e. The minimum atomic E-state index is 0.125. The van der Waals surface area contributed by atoms with Crippen LogP contribution in [0.1, 0.15) is 41.1 Å². The highest BCUT2D eigenvalue weighted by Gasteiger charge is 2.18. The first-order chi connectivity index (χ1) is 10.2. The van der Waals surface area contributed by atoms with Gasteiger partial charge in [0.15, 0.2) is 0 Å². The van der Waals surface area contributed by atoms with Gasteiger partial charge in [-0.3, -0.25) is 4.79 Å². The molecule has 0 fully saturated rings. The van der Waals surface area contributed by atoms with Crippen LogP contribution in [0.15, 0.2) is 29.0 Å². The number of fused-ring (bicyclic) bond motifs is 1. The Morgan fingerprint density at radius 3 is 2.86 bits per heavy atom. The number of amides is 1. The third-order valence-electron chi connectivity index (χ3n) is 4.08. The Kier molecular flexibility index (Phi) is 4.08. The van der Waals surface area contributed by atoms with E-state index >= 15 is 0 Å². The highest BCUT2D eigenvalue weighted by atomic mass is 32.1. The molecular formula is C17H20N2OS. The molecule has 21 heavy (non-hydrogen) atoms. The predicted molar refractivity (Wildman–Crippen MR) is 88.0 cm³/mol. The highest BCUT2D eigenvalue weighted by molar-refractivity contribution is 7.08. The topological polar surface area (TPSA) is 41.1 Å². The van der Waals surface area contributed by atoms with Crippen molar-refractivity contribution in [1.82, 2.24) is 5.32 Å². The van der Waals surface area contributed by atoms with Crippen LogP contribution < -0.4 is 10.6 Å². The van der Waals surface area contributed by atoms with Crippen molar-refractivity contribution in [1.29, 1.82) is 0 Å². The number of thiophene rings is 1. The van der Waals surface area contributed by atoms with Crippen molar-refractivity contribution in [2.45, 2.75) is 32.2 Å². The first kappa shape index (κ1) is 14.3. The quantitative estimate of drug-likeness (QED) is 0.908. The fourth-order valence-corrected chi connectivity index (χ4v) is 3.82. The van der Waals surface area contributed by atoms with Gasteiger partial charge < -0.3 is 10.6 Å². The molecule has 2 heterocycles. The summed E-state index contributed by atoms with van der Waals surface area (Å²) in [6.45, 7) is 2.15. The van der Waals surface area contributed by atoms with Crippen LogP contribution in [0.4, 0.5) is 5.69 Å². The van der Waals surface area contributed by atoms with E-state index in [9.17, 15) is 4.79 Å². The molecule has 110 valence electrons. The lowest BCUT2D eigenvalue weighted by Crippen LogP contribution is -2.18. The van der Waals surface area contributed by atoms with Crippen molar-refractivity contribution in [3.63, 3.8) is 0 Å². The van der Waals surface area contributed by atoms with Gasteiger partial charge in [-0.1, -0.05) is 12.1 Å². The van der Waals surface area contributed by atoms with Gasteiger partial charge >= 0.3 is 0 Å². The van der Waals surface area contributed by atoms with E-state index in [0.29, 0.717) is 6.42 Å². The van der Waals surface area contributed by atoms with E-state index in [-0.39, 0.29) is 11.9 Å². The molecule has 0 bridgehead atoms. The predicted octanol–water partition coefficient (Wildman–Crippen LogP) is 3.64. The summed E-state index contributed by atoms with van der Waals surface area (Å²) in [4.78, 5) is 11.6. The molecule has 0 saturated heterocycles. The van der Waals surface area contributed by atoms with Gasteiger partial charge in [0, 0.05) is 12.1 Å². The number of hydrogen-bond acceptors (Lipinski definition) is 3. The van der Waals surface area contributed by atoms with Crippen LogP contribution in [0.2, 0.25) is 0 Å². The lowest BCUT2D eigenvalue weighted by atomic mass is 9.95. The minimum Gasteiger partial charge on any atom is -0.326 e. The summed E-state index contributed by atoms with van der Waals surface area (Å²) in [5, 5.41) is 10.8. The third-order valence-corrected chi connectivity index (χ3v) is 4.96. The van der Waals surface area contributed by atoms with Crippen molar-refractivity contribution in [3.05, 3.63) is 51.2 Å². The highest BCUT2D eigenvalue weighted by Crippen LogP contribution is 2.31. The van der Waals surface area contributed by atoms with Gasteiger partial charge in [0.25, 0.3) is 0 Å². The van der Waals surface area contributed by atoms with E-state index in [1.54, 1.807) is 11.3 Å². The molecule has 0 saturated carbocycles. The molecule has 2 aromatic rings. The summed E-state index contributed by atoms with van der Waals surface area (Å²) in [5.74, 6) is 0.125. The molecule has 1 unspecified atom stereocenters. The fraction of sp³-hybridized carbons (Fsp3) is 0.353. The Labute approximate surface area is 129 Å². The van der Waals surface area contributed by atoms with Crippen LogP contribution in [0.25, 0.3) is 0 Å². The van der Waals surface area contributed by atoms with Crippen LogP contribution in [-0.2, 0) is 11.2 Å². The van der Waals surface area contributed by atoms with Gasteiger partial charge in [0.2, 0.25) is 5.91 Å². The molecule has 1 atom stereocenters. The van der Waals surface area contributed by atoms with E-state index in [4.69, 9.17) is 0 Å². The SMILES string of the molecule is CNC(c1ccc2c(c1)CCCC(=O)N2)c1cscc1C. The average Bonchev–Trinajstić information content (AvgIpc) is 2.79. The van der Waals surface area contributed by atoms with Crippen molar-refractivity contribution >= 4 is 22.9 Å². The van der Waals surface area contributed by atoms with Gasteiger partial charge in [-0.05, 0) is 65.9 Å². The first-order valence-corrected chi connectivity index (χ1v) is 8.26. The smallest absolute Gasteiger partial charge is 0.224 e. The molecule has 0 aliphatic carbocycles. The van der Waals surface area contributed by atoms with Crippen LogP contribution in [0, 0.1) is 6.92 Å². The number of benzene rings is 1. The van der Waals surface area contributed by atoms with Crippen molar-refractivity contribution in [2.24, 2.45) is 0 Å². The summed E-state index contributed by atoms with van der Waals surface area (Å²) < 4.78 is 0. The van der Waals surface area contributed by atoms with Gasteiger partial charge in [0.1, 0.15) is 0 Å². The number of nitrogens with one attached hydrogen (secondary N) is 2. The van der Waals surface area contributed by atoms with Crippen molar-refractivity contribution < 1.29 is 4.79 Å². The molecule has 1 aromatic heterocycles. The maximum atomic E-state index is 11.6. The molecule has 0 spiro atoms. The van der Waals surface area contributed by atoms with E-state index in [0.717, 1.165) is 18.5 Å². The Balaban J connectivity index is 1.97. The minimum absolute atomic E-state index is 0.125. The van der Waals surface area contributed by atoms with Gasteiger partial charge in [0.05, 0.1) is 6.04 Å². The molecule has 4 heteroatoms. The number of carbonyl (C=O) groups excluding carboxylic acids is 1. The summed E-state index contributed by atoms with van der Waals surface area (Å²) in [6, 6.07) is 6.60. The molecular weight excluding hydrogens is 280 g/mol. The van der Waals surface area contributed by atoms with E-state index in [2.05, 4.69) is 40.5 Å². The lowest BCUT2D eigenvalue weighted by molar-refractivity contribution is -0.116. The van der Waals surface area contributed by atoms with Crippen LogP contribution in [0.5, 0.6) is 0 Å². The Morgan fingerprint density at radius 2 is 2.14 bits per heavy atom. The molecule has 1 aliphatic rings. The summed E-state index contributed by atoms with van der Waals surface area (Å²) in [7, 11) is 2.00. The van der Waals surface area contributed by atoms with Gasteiger partial charge in [-0.25, -0.2) is 0 Å². The third kappa shape index (κ3) is 2.87. The summed E-state index contributed by atoms with van der Waals surface area (Å²) in [5.41, 5.74) is 6.13. The Morgan fingerprint density at radius 1 is 1.29 bits per heavy atom. The molecule has 0 radical (unpaired) electrons. The Bertz CT molecular complexity index is 663. The van der Waals surface area contributed by atoms with E-state index < -0.39 is 0 Å². The molecule has 3 nitrogen and oxygen atoms in total. The molecule has 2 N–H and O–H groups in total. The van der Waals surface area contributed by atoms with E-state index in [1.807, 2.05) is 13.1 Å². The van der Waals surface area contributed by atoms with Gasteiger partial charge in [-0.2, -0.15) is 11.3 Å². The zero-order chi connectivity index (χ0) is 14.8. The number of carbonyl (C=O) groups is 1. The maximum absolute atomic E-state index is 11.6. The normalized spacial score (nSPS) is 16.0. The molecule has 1 aliphatic heterocycles. The molecule has 3 rings (SSSR count). The second kappa shape index (κ2) is 6.00. The lowest BCUT2D eigenvalue weighted by Gasteiger charge is -2.19. The van der Waals surface area contributed by atoms with Crippen molar-refractivity contribution in [3.8, 4) is 0 Å². The number of aryl methyl sites for hydroxylation is 2. The monoisotopic (exact) mass is 300 g/mol. The van der Waals surface area contributed by atoms with Crippen molar-refractivity contribution in [2.75, 3.05) is 12.4 Å². The zero-order valence-corrected chi connectivity index (χ0v) is 13.2. The van der Waals surface area contributed by atoms with Crippen LogP contribution >= 0.6 is 11.3 Å². The maximum Gasteiger partial charge on any atom is 0.224 e. The van der Waals surface area contributed by atoms with Gasteiger partial charge in [-0.15, -0.1) is 0 Å². The van der Waals surface area contributed by atoms with E-state index in [1.165, 1.54) is 22.3 Å². The van der Waals surface area contributed by atoms with Crippen LogP contribution in [-0.4, -0.2) is 13.0 Å². The second-order valence-corrected chi connectivity index (χ2v) is 6.29. The Hall–Kier alpha value is -1.65. The molecule has 1 aromatic carbocycles. The number of anilines is 1. The number of rotatable bonds is 3.